The average Bonchev–Trinajstić information content (AvgIpc) is 2.33. The molecule has 0 radical (unpaired) electrons. The molecule has 20 heavy (non-hydrogen) atoms. The molecule has 2 atom stereocenters. The van der Waals surface area contributed by atoms with Gasteiger partial charge in [-0.15, -0.1) is 0 Å². The zero-order valence-corrected chi connectivity index (χ0v) is 15.1. The highest BCUT2D eigenvalue weighted by atomic mass is 79.9. The first-order valence-electron chi connectivity index (χ1n) is 7.82. The SMILES string of the molecule is Cc1cc(C)c(NC2CCCCC2C(C)(C)C)c(Br)c1. The van der Waals surface area contributed by atoms with Gasteiger partial charge >= 0.3 is 0 Å². The number of hydrogen-bond donors (Lipinski definition) is 1. The first-order chi connectivity index (χ1) is 9.29. The molecule has 2 heteroatoms. The Labute approximate surface area is 132 Å². The summed E-state index contributed by atoms with van der Waals surface area (Å²) in [4.78, 5) is 0. The van der Waals surface area contributed by atoms with E-state index in [9.17, 15) is 0 Å². The zero-order chi connectivity index (χ0) is 14.9. The Kier molecular flexibility index (Phi) is 4.84. The third-order valence-electron chi connectivity index (χ3n) is 4.64. The van der Waals surface area contributed by atoms with Crippen molar-refractivity contribution in [3.63, 3.8) is 0 Å². The van der Waals surface area contributed by atoms with Gasteiger partial charge in [0.1, 0.15) is 0 Å². The van der Waals surface area contributed by atoms with Gasteiger partial charge in [-0.3, -0.25) is 0 Å². The number of aryl methyl sites for hydroxylation is 2. The maximum Gasteiger partial charge on any atom is 0.0516 e. The van der Waals surface area contributed by atoms with Crippen molar-refractivity contribution in [2.45, 2.75) is 66.3 Å². The van der Waals surface area contributed by atoms with Gasteiger partial charge in [-0.05, 0) is 71.1 Å². The molecule has 1 N–H and O–H groups in total. The number of benzene rings is 1. The van der Waals surface area contributed by atoms with E-state index in [0.717, 1.165) is 5.92 Å². The molecule has 2 rings (SSSR count). The van der Waals surface area contributed by atoms with E-state index in [4.69, 9.17) is 0 Å². The second kappa shape index (κ2) is 6.09. The van der Waals surface area contributed by atoms with Crippen LogP contribution in [0.25, 0.3) is 0 Å². The fourth-order valence-electron chi connectivity index (χ4n) is 3.62. The minimum Gasteiger partial charge on any atom is -0.381 e. The Morgan fingerprint density at radius 1 is 1.10 bits per heavy atom. The zero-order valence-electron chi connectivity index (χ0n) is 13.5. The van der Waals surface area contributed by atoms with E-state index in [2.05, 4.69) is 68.0 Å². The van der Waals surface area contributed by atoms with Crippen LogP contribution in [0.1, 0.15) is 57.6 Å². The van der Waals surface area contributed by atoms with Gasteiger partial charge in [-0.1, -0.05) is 39.7 Å². The van der Waals surface area contributed by atoms with Crippen molar-refractivity contribution < 1.29 is 0 Å². The van der Waals surface area contributed by atoms with Crippen LogP contribution in [0.4, 0.5) is 5.69 Å². The Morgan fingerprint density at radius 2 is 1.75 bits per heavy atom. The molecule has 0 aromatic heterocycles. The van der Waals surface area contributed by atoms with Gasteiger partial charge in [-0.2, -0.15) is 0 Å². The van der Waals surface area contributed by atoms with Crippen LogP contribution in [-0.4, -0.2) is 6.04 Å². The second-order valence-electron chi connectivity index (χ2n) is 7.45. The summed E-state index contributed by atoms with van der Waals surface area (Å²) in [6, 6.07) is 5.08. The van der Waals surface area contributed by atoms with Crippen molar-refractivity contribution in [1.82, 2.24) is 0 Å². The lowest BCUT2D eigenvalue weighted by atomic mass is 9.69. The predicted molar refractivity (Wildman–Crippen MR) is 92.4 cm³/mol. The van der Waals surface area contributed by atoms with Gasteiger partial charge in [0.25, 0.3) is 0 Å². The molecule has 0 heterocycles. The van der Waals surface area contributed by atoms with Gasteiger partial charge in [0, 0.05) is 10.5 Å². The van der Waals surface area contributed by atoms with Crippen LogP contribution in [0.5, 0.6) is 0 Å². The number of anilines is 1. The lowest BCUT2D eigenvalue weighted by Gasteiger charge is -2.41. The van der Waals surface area contributed by atoms with Crippen molar-refractivity contribution in [2.24, 2.45) is 11.3 Å². The fraction of sp³-hybridized carbons (Fsp3) is 0.667. The summed E-state index contributed by atoms with van der Waals surface area (Å²) in [5.41, 5.74) is 4.33. The van der Waals surface area contributed by atoms with Crippen molar-refractivity contribution in [1.29, 1.82) is 0 Å². The quantitative estimate of drug-likeness (QED) is 0.689. The van der Waals surface area contributed by atoms with Gasteiger partial charge in [0.2, 0.25) is 0 Å². The lowest BCUT2D eigenvalue weighted by Crippen LogP contribution is -2.40. The molecule has 0 bridgehead atoms. The normalized spacial score (nSPS) is 23.7. The third-order valence-corrected chi connectivity index (χ3v) is 5.27. The predicted octanol–water partition coefficient (Wildman–Crippen LogP) is 6.08. The average molecular weight is 338 g/mol. The highest BCUT2D eigenvalue weighted by Crippen LogP contribution is 2.40. The highest BCUT2D eigenvalue weighted by Gasteiger charge is 2.34. The van der Waals surface area contributed by atoms with Crippen molar-refractivity contribution in [2.75, 3.05) is 5.32 Å². The monoisotopic (exact) mass is 337 g/mol. The molecule has 2 unspecified atom stereocenters. The summed E-state index contributed by atoms with van der Waals surface area (Å²) in [7, 11) is 0. The maximum absolute atomic E-state index is 3.85. The van der Waals surface area contributed by atoms with Crippen molar-refractivity contribution in [3.05, 3.63) is 27.7 Å². The van der Waals surface area contributed by atoms with Crippen LogP contribution < -0.4 is 5.32 Å². The molecule has 1 aliphatic carbocycles. The first kappa shape index (κ1) is 15.9. The van der Waals surface area contributed by atoms with E-state index in [0.29, 0.717) is 11.5 Å². The summed E-state index contributed by atoms with van der Waals surface area (Å²) < 4.78 is 1.20. The number of nitrogens with one attached hydrogen (secondary N) is 1. The summed E-state index contributed by atoms with van der Waals surface area (Å²) in [5, 5.41) is 3.85. The van der Waals surface area contributed by atoms with E-state index < -0.39 is 0 Å². The molecule has 1 saturated carbocycles. The Balaban J connectivity index is 2.23. The summed E-state index contributed by atoms with van der Waals surface area (Å²) in [5.74, 6) is 0.754. The Bertz CT molecular complexity index is 450. The van der Waals surface area contributed by atoms with E-state index in [-0.39, 0.29) is 0 Å². The van der Waals surface area contributed by atoms with Crippen LogP contribution in [-0.2, 0) is 0 Å². The Hall–Kier alpha value is -0.500. The van der Waals surface area contributed by atoms with E-state index >= 15 is 0 Å². The molecule has 112 valence electrons. The molecule has 0 saturated heterocycles. The molecular weight excluding hydrogens is 310 g/mol. The number of halogens is 1. The van der Waals surface area contributed by atoms with Crippen LogP contribution in [0.15, 0.2) is 16.6 Å². The van der Waals surface area contributed by atoms with Crippen molar-refractivity contribution >= 4 is 21.6 Å². The molecule has 1 aliphatic rings. The minimum absolute atomic E-state index is 0.378. The molecule has 1 fully saturated rings. The van der Waals surface area contributed by atoms with E-state index in [1.54, 1.807) is 0 Å². The largest absolute Gasteiger partial charge is 0.381 e. The van der Waals surface area contributed by atoms with E-state index in [1.807, 2.05) is 0 Å². The molecular formula is C18H28BrN. The smallest absolute Gasteiger partial charge is 0.0516 e. The molecule has 1 aromatic rings. The molecule has 0 amide bonds. The standard InChI is InChI=1S/C18H28BrN/c1-12-10-13(2)17(15(19)11-12)20-16-9-7-6-8-14(16)18(3,4)5/h10-11,14,16,20H,6-9H2,1-5H3. The molecule has 1 nitrogen and oxygen atoms in total. The minimum atomic E-state index is 0.378. The molecule has 0 spiro atoms. The number of rotatable bonds is 2. The second-order valence-corrected chi connectivity index (χ2v) is 8.30. The van der Waals surface area contributed by atoms with Crippen LogP contribution >= 0.6 is 15.9 Å². The van der Waals surface area contributed by atoms with Crippen molar-refractivity contribution in [3.8, 4) is 0 Å². The molecule has 1 aromatic carbocycles. The first-order valence-corrected chi connectivity index (χ1v) is 8.61. The van der Waals surface area contributed by atoms with Gasteiger partial charge < -0.3 is 5.32 Å². The van der Waals surface area contributed by atoms with E-state index in [1.165, 1.54) is 47.0 Å². The van der Waals surface area contributed by atoms with Crippen LogP contribution in [0, 0.1) is 25.2 Å². The van der Waals surface area contributed by atoms with Crippen LogP contribution in [0.2, 0.25) is 0 Å². The number of hydrogen-bond acceptors (Lipinski definition) is 1. The fourth-order valence-corrected chi connectivity index (χ4v) is 4.41. The van der Waals surface area contributed by atoms with Gasteiger partial charge in [0.15, 0.2) is 0 Å². The maximum atomic E-state index is 3.85. The Morgan fingerprint density at radius 3 is 2.35 bits per heavy atom. The topological polar surface area (TPSA) is 12.0 Å². The van der Waals surface area contributed by atoms with Gasteiger partial charge in [0.05, 0.1) is 5.69 Å². The van der Waals surface area contributed by atoms with Crippen LogP contribution in [0.3, 0.4) is 0 Å². The molecule has 0 aliphatic heterocycles. The van der Waals surface area contributed by atoms with Gasteiger partial charge in [-0.25, -0.2) is 0 Å². The highest BCUT2D eigenvalue weighted by molar-refractivity contribution is 9.10. The summed E-state index contributed by atoms with van der Waals surface area (Å²) in [6.07, 6.45) is 5.38. The summed E-state index contributed by atoms with van der Waals surface area (Å²) >= 11 is 3.73. The summed E-state index contributed by atoms with van der Waals surface area (Å²) in [6.45, 7) is 11.5. The third kappa shape index (κ3) is 3.58. The lowest BCUT2D eigenvalue weighted by molar-refractivity contribution is 0.163.